The fraction of sp³-hybridized carbons (Fsp3) is 0.450. The van der Waals surface area contributed by atoms with E-state index in [4.69, 9.17) is 0 Å². The molecular weight excluding hydrogens is 392 g/mol. The molecule has 0 saturated carbocycles. The largest absolute Gasteiger partial charge is 0.345 e. The average molecular weight is 419 g/mol. The van der Waals surface area contributed by atoms with Crippen molar-refractivity contribution >= 4 is 15.9 Å². The maximum atomic E-state index is 12.8. The van der Waals surface area contributed by atoms with Crippen LogP contribution >= 0.6 is 0 Å². The minimum absolute atomic E-state index is 0.0965. The topological polar surface area (TPSA) is 103 Å². The van der Waals surface area contributed by atoms with Gasteiger partial charge in [0, 0.05) is 31.9 Å². The van der Waals surface area contributed by atoms with Gasteiger partial charge in [-0.05, 0) is 37.5 Å². The monoisotopic (exact) mass is 418 g/mol. The summed E-state index contributed by atoms with van der Waals surface area (Å²) >= 11 is 0. The summed E-state index contributed by atoms with van der Waals surface area (Å²) in [6.45, 7) is 6.84. The molecule has 1 aromatic carbocycles. The number of amides is 1. The quantitative estimate of drug-likeness (QED) is 0.791. The number of nitrogens with zero attached hydrogens (tertiary/aromatic N) is 3. The second-order valence-corrected chi connectivity index (χ2v) is 9.64. The molecule has 2 heterocycles. The summed E-state index contributed by atoms with van der Waals surface area (Å²) in [5.41, 5.74) is 1.21. The van der Waals surface area contributed by atoms with Crippen LogP contribution in [0.2, 0.25) is 0 Å². The molecule has 0 atom stereocenters. The predicted octanol–water partition coefficient (Wildman–Crippen LogP) is 1.42. The molecule has 0 unspecified atom stereocenters. The van der Waals surface area contributed by atoms with Crippen molar-refractivity contribution in [3.8, 4) is 0 Å². The van der Waals surface area contributed by atoms with Crippen molar-refractivity contribution in [3.05, 3.63) is 57.8 Å². The molecule has 0 radical (unpaired) electrons. The number of hydrogen-bond donors (Lipinski definition) is 1. The van der Waals surface area contributed by atoms with Crippen LogP contribution in [0.1, 0.15) is 35.6 Å². The zero-order valence-corrected chi connectivity index (χ0v) is 17.7. The molecule has 9 heteroatoms. The summed E-state index contributed by atoms with van der Waals surface area (Å²) in [6, 6.07) is 8.33. The van der Waals surface area contributed by atoms with Crippen molar-refractivity contribution in [2.75, 3.05) is 26.2 Å². The summed E-state index contributed by atoms with van der Waals surface area (Å²) in [6.07, 6.45) is 0.639. The average Bonchev–Trinajstić information content (AvgIpc) is 2.67. The lowest BCUT2D eigenvalue weighted by atomic mass is 10.1. The van der Waals surface area contributed by atoms with Crippen LogP contribution < -0.4 is 5.69 Å². The number of H-pyrrole nitrogens is 1. The highest BCUT2D eigenvalue weighted by Gasteiger charge is 2.31. The Kier molecular flexibility index (Phi) is 6.18. The van der Waals surface area contributed by atoms with Gasteiger partial charge >= 0.3 is 5.69 Å². The number of carbonyl (C=O) groups excluding carboxylic acids is 1. The van der Waals surface area contributed by atoms with Gasteiger partial charge in [0.15, 0.2) is 0 Å². The first-order chi connectivity index (χ1) is 13.7. The Balaban J connectivity index is 1.70. The molecular formula is C20H26N4O4S. The predicted molar refractivity (Wildman–Crippen MR) is 109 cm³/mol. The van der Waals surface area contributed by atoms with Gasteiger partial charge in [-0.25, -0.2) is 13.2 Å². The van der Waals surface area contributed by atoms with Gasteiger partial charge in [-0.3, -0.25) is 4.79 Å². The Morgan fingerprint density at radius 1 is 1.14 bits per heavy atom. The second-order valence-electron chi connectivity index (χ2n) is 7.70. The van der Waals surface area contributed by atoms with Gasteiger partial charge in [-0.1, -0.05) is 31.5 Å². The van der Waals surface area contributed by atoms with E-state index in [1.54, 1.807) is 35.2 Å². The van der Waals surface area contributed by atoms with Crippen LogP contribution in [0.4, 0.5) is 0 Å². The van der Waals surface area contributed by atoms with Crippen LogP contribution in [0, 0.1) is 12.8 Å². The number of nitrogens with one attached hydrogen (secondary N) is 1. The fourth-order valence-corrected chi connectivity index (χ4v) is 4.74. The molecule has 1 aliphatic rings. The normalized spacial score (nSPS) is 15.7. The van der Waals surface area contributed by atoms with E-state index in [0.29, 0.717) is 18.0 Å². The van der Waals surface area contributed by atoms with Crippen LogP contribution in [0.25, 0.3) is 0 Å². The Hall–Kier alpha value is -2.52. The van der Waals surface area contributed by atoms with Crippen molar-refractivity contribution in [3.63, 3.8) is 0 Å². The zero-order chi connectivity index (χ0) is 21.2. The number of aryl methyl sites for hydroxylation is 1. The minimum Gasteiger partial charge on any atom is -0.335 e. The van der Waals surface area contributed by atoms with Crippen molar-refractivity contribution in [1.82, 2.24) is 19.2 Å². The minimum atomic E-state index is -3.59. The summed E-state index contributed by atoms with van der Waals surface area (Å²) in [7, 11) is -3.59. The number of carbonyl (C=O) groups is 1. The number of sulfonamides is 1. The lowest BCUT2D eigenvalue weighted by molar-refractivity contribution is 0.0691. The SMILES string of the molecule is Cc1ccc(S(=O)(=O)N2CCN(C(=O)c3cc(CC(C)C)[nH]c(=O)n3)CC2)cc1. The van der Waals surface area contributed by atoms with E-state index >= 15 is 0 Å². The van der Waals surface area contributed by atoms with Crippen LogP contribution in [-0.2, 0) is 16.4 Å². The molecule has 0 spiro atoms. The van der Waals surface area contributed by atoms with Crippen LogP contribution in [0.5, 0.6) is 0 Å². The summed E-state index contributed by atoms with van der Waals surface area (Å²) in [4.78, 5) is 32.9. The molecule has 1 saturated heterocycles. The Morgan fingerprint density at radius 3 is 2.34 bits per heavy atom. The van der Waals surface area contributed by atoms with Crippen LogP contribution in [0.15, 0.2) is 40.0 Å². The number of aromatic amines is 1. The number of rotatable bonds is 5. The van der Waals surface area contributed by atoms with E-state index in [2.05, 4.69) is 9.97 Å². The van der Waals surface area contributed by atoms with Crippen molar-refractivity contribution in [2.24, 2.45) is 5.92 Å². The van der Waals surface area contributed by atoms with Crippen molar-refractivity contribution < 1.29 is 13.2 Å². The second kappa shape index (κ2) is 8.46. The van der Waals surface area contributed by atoms with Crippen molar-refractivity contribution in [2.45, 2.75) is 32.1 Å². The van der Waals surface area contributed by atoms with E-state index in [1.165, 1.54) is 4.31 Å². The van der Waals surface area contributed by atoms with Crippen LogP contribution in [-0.4, -0.2) is 59.7 Å². The maximum Gasteiger partial charge on any atom is 0.345 e. The zero-order valence-electron chi connectivity index (χ0n) is 16.9. The third-order valence-corrected chi connectivity index (χ3v) is 6.75. The molecule has 29 heavy (non-hydrogen) atoms. The van der Waals surface area contributed by atoms with Gasteiger partial charge in [-0.15, -0.1) is 0 Å². The molecule has 1 aromatic heterocycles. The molecule has 3 rings (SSSR count). The van der Waals surface area contributed by atoms with E-state index < -0.39 is 15.7 Å². The van der Waals surface area contributed by atoms with Gasteiger partial charge in [0.05, 0.1) is 4.90 Å². The molecule has 8 nitrogen and oxygen atoms in total. The molecule has 0 bridgehead atoms. The Bertz CT molecular complexity index is 1040. The first-order valence-corrected chi connectivity index (χ1v) is 11.1. The van der Waals surface area contributed by atoms with E-state index in [1.807, 2.05) is 20.8 Å². The summed E-state index contributed by atoms with van der Waals surface area (Å²) in [5.74, 6) is -0.0278. The van der Waals surface area contributed by atoms with Crippen LogP contribution in [0.3, 0.4) is 0 Å². The highest BCUT2D eigenvalue weighted by atomic mass is 32.2. The Labute approximate surface area is 170 Å². The number of piperazine rings is 1. The molecule has 0 aliphatic carbocycles. The lowest BCUT2D eigenvalue weighted by Crippen LogP contribution is -2.50. The first kappa shape index (κ1) is 21.2. The van der Waals surface area contributed by atoms with E-state index in [0.717, 1.165) is 5.56 Å². The molecule has 156 valence electrons. The van der Waals surface area contributed by atoms with Gasteiger partial charge in [0.25, 0.3) is 5.91 Å². The lowest BCUT2D eigenvalue weighted by Gasteiger charge is -2.33. The molecule has 1 N–H and O–H groups in total. The number of benzene rings is 1. The summed E-state index contributed by atoms with van der Waals surface area (Å²) < 4.78 is 27.0. The highest BCUT2D eigenvalue weighted by Crippen LogP contribution is 2.19. The molecule has 2 aromatic rings. The van der Waals surface area contributed by atoms with Gasteiger partial charge in [0.2, 0.25) is 10.0 Å². The third kappa shape index (κ3) is 4.91. The molecule has 1 amide bonds. The number of aromatic nitrogens is 2. The van der Waals surface area contributed by atoms with E-state index in [-0.39, 0.29) is 42.7 Å². The third-order valence-electron chi connectivity index (χ3n) is 4.83. The van der Waals surface area contributed by atoms with Crippen molar-refractivity contribution in [1.29, 1.82) is 0 Å². The summed E-state index contributed by atoms with van der Waals surface area (Å²) in [5, 5.41) is 0. The van der Waals surface area contributed by atoms with Gasteiger partial charge in [-0.2, -0.15) is 9.29 Å². The first-order valence-electron chi connectivity index (χ1n) is 9.63. The smallest absolute Gasteiger partial charge is 0.335 e. The maximum absolute atomic E-state index is 12.8. The molecule has 1 fully saturated rings. The molecule has 1 aliphatic heterocycles. The Morgan fingerprint density at radius 2 is 1.76 bits per heavy atom. The standard InChI is InChI=1S/C20H26N4O4S/c1-14(2)12-16-13-18(22-20(26)21-16)19(25)23-8-10-24(11-9-23)29(27,28)17-6-4-15(3)5-7-17/h4-7,13-14H,8-12H2,1-3H3,(H,21,22,26). The fourth-order valence-electron chi connectivity index (χ4n) is 3.32. The van der Waals surface area contributed by atoms with Gasteiger partial charge < -0.3 is 9.88 Å². The highest BCUT2D eigenvalue weighted by molar-refractivity contribution is 7.89. The van der Waals surface area contributed by atoms with Gasteiger partial charge in [0.1, 0.15) is 5.69 Å². The number of hydrogen-bond acceptors (Lipinski definition) is 5. The van der Waals surface area contributed by atoms with E-state index in [9.17, 15) is 18.0 Å².